The summed E-state index contributed by atoms with van der Waals surface area (Å²) in [5.41, 5.74) is 2.49. The van der Waals surface area contributed by atoms with E-state index in [1.807, 2.05) is 29.0 Å². The second-order valence-corrected chi connectivity index (χ2v) is 8.34. The third-order valence-electron chi connectivity index (χ3n) is 4.90. The average Bonchev–Trinajstić information content (AvgIpc) is 3.21. The van der Waals surface area contributed by atoms with E-state index in [0.29, 0.717) is 22.8 Å². The Hall–Kier alpha value is -0.480. The minimum atomic E-state index is 0. The van der Waals surface area contributed by atoms with Crippen molar-refractivity contribution in [3.8, 4) is 0 Å². The van der Waals surface area contributed by atoms with Gasteiger partial charge in [0.25, 0.3) is 0 Å². The lowest BCUT2D eigenvalue weighted by atomic mass is 10.1. The van der Waals surface area contributed by atoms with Gasteiger partial charge in [-0.15, -0.1) is 35.3 Å². The maximum Gasteiger partial charge on any atom is 0.191 e. The first-order chi connectivity index (χ1) is 12.5. The van der Waals surface area contributed by atoms with Gasteiger partial charge in [0.1, 0.15) is 5.15 Å². The largest absolute Gasteiger partial charge is 0.355 e. The molecule has 1 atom stereocenters. The first-order valence-electron chi connectivity index (χ1n) is 8.73. The molecule has 0 amide bonds. The number of aromatic nitrogens is 1. The summed E-state index contributed by atoms with van der Waals surface area (Å²) in [6.45, 7) is 5.86. The van der Waals surface area contributed by atoms with Gasteiger partial charge in [0, 0.05) is 50.3 Å². The van der Waals surface area contributed by atoms with Crippen LogP contribution in [0.15, 0.2) is 22.5 Å². The van der Waals surface area contributed by atoms with E-state index in [2.05, 4.69) is 38.9 Å². The van der Waals surface area contributed by atoms with Gasteiger partial charge in [0.05, 0.1) is 11.6 Å². The van der Waals surface area contributed by atoms with Crippen molar-refractivity contribution in [3.05, 3.63) is 43.8 Å². The molecule has 0 radical (unpaired) electrons. The van der Waals surface area contributed by atoms with Gasteiger partial charge in [0.2, 0.25) is 0 Å². The predicted molar refractivity (Wildman–Crippen MR) is 127 cm³/mol. The van der Waals surface area contributed by atoms with E-state index in [-0.39, 0.29) is 24.0 Å². The number of thiophene rings is 1. The number of halogens is 3. The SMILES string of the molecule is CN=C(NCc1cc(Cl)c(Cl)n1C)NCC(C)N1CCc2sccc2C1.I. The van der Waals surface area contributed by atoms with Gasteiger partial charge in [0.15, 0.2) is 5.96 Å². The van der Waals surface area contributed by atoms with Gasteiger partial charge in [-0.25, -0.2) is 0 Å². The van der Waals surface area contributed by atoms with Gasteiger partial charge in [-0.2, -0.15) is 0 Å². The number of hydrogen-bond acceptors (Lipinski definition) is 3. The van der Waals surface area contributed by atoms with Crippen molar-refractivity contribution in [3.63, 3.8) is 0 Å². The van der Waals surface area contributed by atoms with Crippen LogP contribution in [0.3, 0.4) is 0 Å². The van der Waals surface area contributed by atoms with Crippen molar-refractivity contribution in [2.24, 2.45) is 12.0 Å². The zero-order chi connectivity index (χ0) is 18.7. The molecule has 0 aliphatic carbocycles. The van der Waals surface area contributed by atoms with Crippen molar-refractivity contribution < 1.29 is 0 Å². The van der Waals surface area contributed by atoms with Crippen LogP contribution in [-0.2, 0) is 26.6 Å². The average molecular weight is 542 g/mol. The summed E-state index contributed by atoms with van der Waals surface area (Å²) in [6.07, 6.45) is 1.15. The van der Waals surface area contributed by atoms with Crippen LogP contribution in [0.4, 0.5) is 0 Å². The summed E-state index contributed by atoms with van der Waals surface area (Å²) in [6, 6.07) is 4.56. The summed E-state index contributed by atoms with van der Waals surface area (Å²) < 4.78 is 1.87. The molecule has 1 aliphatic heterocycles. The van der Waals surface area contributed by atoms with Crippen LogP contribution < -0.4 is 10.6 Å². The quantitative estimate of drug-likeness (QED) is 0.340. The van der Waals surface area contributed by atoms with Crippen molar-refractivity contribution in [2.45, 2.75) is 32.5 Å². The molecular weight excluding hydrogens is 516 g/mol. The molecule has 0 saturated heterocycles. The monoisotopic (exact) mass is 541 g/mol. The second-order valence-electron chi connectivity index (χ2n) is 6.58. The molecule has 5 nitrogen and oxygen atoms in total. The van der Waals surface area contributed by atoms with Gasteiger partial charge >= 0.3 is 0 Å². The van der Waals surface area contributed by atoms with Gasteiger partial charge in [-0.05, 0) is 36.4 Å². The normalized spacial score (nSPS) is 15.8. The summed E-state index contributed by atoms with van der Waals surface area (Å²) in [7, 11) is 3.68. The van der Waals surface area contributed by atoms with Gasteiger partial charge in [-0.3, -0.25) is 9.89 Å². The third-order valence-corrected chi connectivity index (χ3v) is 6.77. The molecule has 0 saturated carbocycles. The molecule has 0 fully saturated rings. The predicted octanol–water partition coefficient (Wildman–Crippen LogP) is 4.12. The van der Waals surface area contributed by atoms with Crippen molar-refractivity contribution in [1.29, 1.82) is 0 Å². The summed E-state index contributed by atoms with van der Waals surface area (Å²) in [5.74, 6) is 0.776. The highest BCUT2D eigenvalue weighted by molar-refractivity contribution is 14.0. The van der Waals surface area contributed by atoms with E-state index in [9.17, 15) is 0 Å². The second kappa shape index (κ2) is 10.3. The third kappa shape index (κ3) is 5.53. The summed E-state index contributed by atoms with van der Waals surface area (Å²) in [5, 5.41) is 10.1. The maximum absolute atomic E-state index is 6.12. The molecule has 1 aliphatic rings. The van der Waals surface area contributed by atoms with E-state index in [1.165, 1.54) is 5.56 Å². The van der Waals surface area contributed by atoms with Crippen LogP contribution in [0, 0.1) is 0 Å². The number of nitrogens with zero attached hydrogens (tertiary/aromatic N) is 3. The molecule has 3 rings (SSSR count). The smallest absolute Gasteiger partial charge is 0.191 e. The van der Waals surface area contributed by atoms with E-state index >= 15 is 0 Å². The molecule has 1 unspecified atom stereocenters. The zero-order valence-electron chi connectivity index (χ0n) is 15.8. The van der Waals surface area contributed by atoms with Crippen LogP contribution in [0.5, 0.6) is 0 Å². The topological polar surface area (TPSA) is 44.6 Å². The molecule has 27 heavy (non-hydrogen) atoms. The number of hydrogen-bond donors (Lipinski definition) is 2. The lowest BCUT2D eigenvalue weighted by Gasteiger charge is -2.32. The minimum absolute atomic E-state index is 0. The van der Waals surface area contributed by atoms with Crippen molar-refractivity contribution in [1.82, 2.24) is 20.1 Å². The number of aliphatic imine (C=N–C) groups is 1. The standard InChI is InChI=1S/C18H25Cl2N5S.HI/c1-12(25-6-4-16-13(11-25)5-7-26-16)9-22-18(21-2)23-10-14-8-15(19)17(20)24(14)3;/h5,7-8,12H,4,6,9-11H2,1-3H3,(H2,21,22,23);1H. The van der Waals surface area contributed by atoms with Crippen LogP contribution in [0.1, 0.15) is 23.1 Å². The molecule has 2 N–H and O–H groups in total. The molecule has 0 aromatic carbocycles. The van der Waals surface area contributed by atoms with E-state index in [4.69, 9.17) is 23.2 Å². The number of fused-ring (bicyclic) bond motifs is 1. The Kier molecular flexibility index (Phi) is 8.73. The molecule has 150 valence electrons. The fraction of sp³-hybridized carbons (Fsp3) is 0.500. The number of guanidine groups is 1. The summed E-state index contributed by atoms with van der Waals surface area (Å²) in [4.78, 5) is 8.37. The van der Waals surface area contributed by atoms with Crippen LogP contribution >= 0.6 is 58.5 Å². The molecule has 2 aromatic rings. The highest BCUT2D eigenvalue weighted by atomic mass is 127. The highest BCUT2D eigenvalue weighted by Gasteiger charge is 2.21. The molecule has 0 spiro atoms. The molecule has 2 aromatic heterocycles. The molecule has 3 heterocycles. The first-order valence-corrected chi connectivity index (χ1v) is 10.4. The molecule has 9 heteroatoms. The van der Waals surface area contributed by atoms with Crippen LogP contribution in [0.2, 0.25) is 10.2 Å². The fourth-order valence-electron chi connectivity index (χ4n) is 3.17. The Morgan fingerprint density at radius 1 is 1.37 bits per heavy atom. The van der Waals surface area contributed by atoms with Crippen LogP contribution in [0.25, 0.3) is 0 Å². The Morgan fingerprint density at radius 2 is 2.15 bits per heavy atom. The number of nitrogens with one attached hydrogen (secondary N) is 2. The Bertz CT molecular complexity index is 789. The van der Waals surface area contributed by atoms with E-state index in [0.717, 1.165) is 37.7 Å². The molecular formula is C18H26Cl2IN5S. The number of rotatable bonds is 5. The van der Waals surface area contributed by atoms with Crippen molar-refractivity contribution >= 4 is 64.5 Å². The first kappa shape index (κ1) is 22.8. The van der Waals surface area contributed by atoms with E-state index < -0.39 is 0 Å². The van der Waals surface area contributed by atoms with Crippen molar-refractivity contribution in [2.75, 3.05) is 20.1 Å². The highest BCUT2D eigenvalue weighted by Crippen LogP contribution is 2.25. The minimum Gasteiger partial charge on any atom is -0.355 e. The molecule has 0 bridgehead atoms. The van der Waals surface area contributed by atoms with Crippen LogP contribution in [-0.4, -0.2) is 41.6 Å². The zero-order valence-corrected chi connectivity index (χ0v) is 20.4. The van der Waals surface area contributed by atoms with Gasteiger partial charge < -0.3 is 15.2 Å². The Labute approximate surface area is 192 Å². The fourth-order valence-corrected chi connectivity index (χ4v) is 4.48. The van der Waals surface area contributed by atoms with E-state index in [1.54, 1.807) is 11.9 Å². The summed E-state index contributed by atoms with van der Waals surface area (Å²) >= 11 is 14.1. The maximum atomic E-state index is 6.12. The lowest BCUT2D eigenvalue weighted by molar-refractivity contribution is 0.192. The van der Waals surface area contributed by atoms with Gasteiger partial charge in [-0.1, -0.05) is 23.2 Å². The Balaban J connectivity index is 0.00000261. The Morgan fingerprint density at radius 3 is 2.81 bits per heavy atom. The lowest BCUT2D eigenvalue weighted by Crippen LogP contribution is -2.47.